The Morgan fingerprint density at radius 3 is 2.94 bits per heavy atom. The summed E-state index contributed by atoms with van der Waals surface area (Å²) in [5, 5.41) is 2.77. The Morgan fingerprint density at radius 1 is 1.39 bits per heavy atom. The third kappa shape index (κ3) is 4.00. The summed E-state index contributed by atoms with van der Waals surface area (Å²) in [6.07, 6.45) is 5.75. The van der Waals surface area contributed by atoms with Crippen LogP contribution in [0.4, 0.5) is 5.82 Å². The summed E-state index contributed by atoms with van der Waals surface area (Å²) < 4.78 is 0.896. The Balaban J connectivity index is 1.73. The van der Waals surface area contributed by atoms with Crippen LogP contribution < -0.4 is 5.32 Å². The van der Waals surface area contributed by atoms with Crippen LogP contribution in [-0.4, -0.2) is 15.9 Å². The SMILES string of the molecule is O=C(CCCc1ccc[nH]1)Nc1ccc(Br)cn1. The maximum absolute atomic E-state index is 11.7. The lowest BCUT2D eigenvalue weighted by atomic mass is 10.2. The standard InChI is InChI=1S/C13H14BrN3O/c14-10-6-7-12(16-9-10)17-13(18)5-1-3-11-4-2-8-15-11/h2,4,6-9,15H,1,3,5H2,(H,16,17,18). The second-order valence-electron chi connectivity index (χ2n) is 3.96. The molecular weight excluding hydrogens is 294 g/mol. The van der Waals surface area contributed by atoms with Gasteiger partial charge in [-0.1, -0.05) is 0 Å². The van der Waals surface area contributed by atoms with Crippen molar-refractivity contribution in [2.75, 3.05) is 5.32 Å². The van der Waals surface area contributed by atoms with Crippen LogP contribution in [0.5, 0.6) is 0 Å². The van der Waals surface area contributed by atoms with Crippen LogP contribution in [0.3, 0.4) is 0 Å². The lowest BCUT2D eigenvalue weighted by molar-refractivity contribution is -0.116. The summed E-state index contributed by atoms with van der Waals surface area (Å²) in [6.45, 7) is 0. The van der Waals surface area contributed by atoms with E-state index in [9.17, 15) is 4.79 Å². The van der Waals surface area contributed by atoms with Gasteiger partial charge in [0.05, 0.1) is 0 Å². The number of hydrogen-bond acceptors (Lipinski definition) is 2. The first-order valence-corrected chi connectivity index (χ1v) is 6.57. The van der Waals surface area contributed by atoms with Crippen LogP contribution >= 0.6 is 15.9 Å². The normalized spacial score (nSPS) is 10.3. The molecule has 0 saturated carbocycles. The smallest absolute Gasteiger partial charge is 0.225 e. The molecule has 0 atom stereocenters. The predicted octanol–water partition coefficient (Wildman–Crippen LogP) is 3.13. The Kier molecular flexibility index (Phi) is 4.52. The van der Waals surface area contributed by atoms with Crippen molar-refractivity contribution < 1.29 is 4.79 Å². The van der Waals surface area contributed by atoms with E-state index in [2.05, 4.69) is 31.2 Å². The van der Waals surface area contributed by atoms with Gasteiger partial charge in [-0.25, -0.2) is 4.98 Å². The van der Waals surface area contributed by atoms with E-state index in [-0.39, 0.29) is 5.91 Å². The van der Waals surface area contributed by atoms with Crippen molar-refractivity contribution in [3.05, 3.63) is 46.8 Å². The van der Waals surface area contributed by atoms with Crippen LogP contribution in [0, 0.1) is 0 Å². The van der Waals surface area contributed by atoms with Gasteiger partial charge in [0.25, 0.3) is 0 Å². The molecule has 0 radical (unpaired) electrons. The summed E-state index contributed by atoms with van der Waals surface area (Å²) in [5.41, 5.74) is 1.16. The molecule has 0 spiro atoms. The van der Waals surface area contributed by atoms with E-state index in [1.807, 2.05) is 24.4 Å². The quantitative estimate of drug-likeness (QED) is 0.891. The monoisotopic (exact) mass is 307 g/mol. The fraction of sp³-hybridized carbons (Fsp3) is 0.231. The number of rotatable bonds is 5. The second kappa shape index (κ2) is 6.35. The highest BCUT2D eigenvalue weighted by molar-refractivity contribution is 9.10. The number of halogens is 1. The second-order valence-corrected chi connectivity index (χ2v) is 4.87. The van der Waals surface area contributed by atoms with Gasteiger partial charge in [0.1, 0.15) is 5.82 Å². The first kappa shape index (κ1) is 12.8. The molecule has 0 aliphatic heterocycles. The molecule has 2 N–H and O–H groups in total. The number of carbonyl (C=O) groups is 1. The molecule has 0 aliphatic rings. The molecule has 2 aromatic rings. The van der Waals surface area contributed by atoms with Crippen LogP contribution in [0.15, 0.2) is 41.1 Å². The minimum absolute atomic E-state index is 0.00335. The molecule has 2 heterocycles. The van der Waals surface area contributed by atoms with Crippen LogP contribution in [0.25, 0.3) is 0 Å². The highest BCUT2D eigenvalue weighted by atomic mass is 79.9. The average Bonchev–Trinajstić information content (AvgIpc) is 2.85. The molecule has 2 aromatic heterocycles. The molecule has 0 fully saturated rings. The van der Waals surface area contributed by atoms with E-state index in [0.29, 0.717) is 12.2 Å². The molecule has 0 aromatic carbocycles. The third-order valence-corrected chi connectivity index (χ3v) is 2.98. The number of nitrogens with one attached hydrogen (secondary N) is 2. The van der Waals surface area contributed by atoms with Gasteiger partial charge in [0.15, 0.2) is 0 Å². The molecule has 0 aliphatic carbocycles. The fourth-order valence-corrected chi connectivity index (χ4v) is 1.85. The zero-order valence-electron chi connectivity index (χ0n) is 9.82. The number of carbonyl (C=O) groups excluding carboxylic acids is 1. The number of anilines is 1. The molecule has 2 rings (SSSR count). The molecule has 1 amide bonds. The number of aromatic amines is 1. The zero-order chi connectivity index (χ0) is 12.8. The van der Waals surface area contributed by atoms with Crippen molar-refractivity contribution in [3.63, 3.8) is 0 Å². The maximum atomic E-state index is 11.7. The largest absolute Gasteiger partial charge is 0.365 e. The van der Waals surface area contributed by atoms with Gasteiger partial charge in [-0.05, 0) is 53.0 Å². The Hall–Kier alpha value is -1.62. The molecule has 0 bridgehead atoms. The summed E-state index contributed by atoms with van der Waals surface area (Å²) in [6, 6.07) is 7.60. The lowest BCUT2D eigenvalue weighted by Crippen LogP contribution is -2.12. The topological polar surface area (TPSA) is 57.8 Å². The summed E-state index contributed by atoms with van der Waals surface area (Å²) >= 11 is 3.30. The summed E-state index contributed by atoms with van der Waals surface area (Å²) in [4.78, 5) is 18.9. The number of hydrogen-bond donors (Lipinski definition) is 2. The molecular formula is C13H14BrN3O. The van der Waals surface area contributed by atoms with E-state index < -0.39 is 0 Å². The van der Waals surface area contributed by atoms with E-state index in [1.54, 1.807) is 12.3 Å². The third-order valence-electron chi connectivity index (χ3n) is 2.51. The van der Waals surface area contributed by atoms with Crippen molar-refractivity contribution in [1.29, 1.82) is 0 Å². The minimum atomic E-state index is -0.00335. The van der Waals surface area contributed by atoms with Gasteiger partial charge < -0.3 is 10.3 Å². The van der Waals surface area contributed by atoms with Crippen LogP contribution in [0.1, 0.15) is 18.5 Å². The number of aryl methyl sites for hydroxylation is 1. The van der Waals surface area contributed by atoms with Gasteiger partial charge >= 0.3 is 0 Å². The first-order chi connectivity index (χ1) is 8.74. The molecule has 4 nitrogen and oxygen atoms in total. The van der Waals surface area contributed by atoms with Crippen LogP contribution in [-0.2, 0) is 11.2 Å². The number of aromatic nitrogens is 2. The van der Waals surface area contributed by atoms with Gasteiger partial charge in [-0.15, -0.1) is 0 Å². The van der Waals surface area contributed by atoms with Crippen molar-refractivity contribution in [2.24, 2.45) is 0 Å². The Morgan fingerprint density at radius 2 is 2.28 bits per heavy atom. The minimum Gasteiger partial charge on any atom is -0.365 e. The Bertz CT molecular complexity index is 493. The Labute approximate surface area is 114 Å². The van der Waals surface area contributed by atoms with Gasteiger partial charge in [0.2, 0.25) is 5.91 Å². The number of H-pyrrole nitrogens is 1. The fourth-order valence-electron chi connectivity index (χ4n) is 1.62. The van der Waals surface area contributed by atoms with Crippen molar-refractivity contribution in [1.82, 2.24) is 9.97 Å². The van der Waals surface area contributed by atoms with Gasteiger partial charge in [0, 0.05) is 29.0 Å². The number of amides is 1. The average molecular weight is 308 g/mol. The lowest BCUT2D eigenvalue weighted by Gasteiger charge is -2.03. The highest BCUT2D eigenvalue weighted by Gasteiger charge is 2.03. The summed E-state index contributed by atoms with van der Waals surface area (Å²) in [5.74, 6) is 0.583. The van der Waals surface area contributed by atoms with Gasteiger partial charge in [-0.3, -0.25) is 4.79 Å². The number of pyridine rings is 1. The molecule has 94 valence electrons. The summed E-state index contributed by atoms with van der Waals surface area (Å²) in [7, 11) is 0. The zero-order valence-corrected chi connectivity index (χ0v) is 11.4. The van der Waals surface area contributed by atoms with E-state index >= 15 is 0 Å². The van der Waals surface area contributed by atoms with Gasteiger partial charge in [-0.2, -0.15) is 0 Å². The maximum Gasteiger partial charge on any atom is 0.225 e. The predicted molar refractivity (Wildman–Crippen MR) is 74.3 cm³/mol. The number of nitrogens with zero attached hydrogens (tertiary/aromatic N) is 1. The highest BCUT2D eigenvalue weighted by Crippen LogP contribution is 2.11. The van der Waals surface area contributed by atoms with Crippen molar-refractivity contribution >= 4 is 27.7 Å². The van der Waals surface area contributed by atoms with Crippen LogP contribution in [0.2, 0.25) is 0 Å². The molecule has 0 unspecified atom stereocenters. The molecule has 5 heteroatoms. The van der Waals surface area contributed by atoms with E-state index in [4.69, 9.17) is 0 Å². The van der Waals surface area contributed by atoms with E-state index in [0.717, 1.165) is 23.0 Å². The first-order valence-electron chi connectivity index (χ1n) is 5.78. The van der Waals surface area contributed by atoms with Crippen molar-refractivity contribution in [3.8, 4) is 0 Å². The van der Waals surface area contributed by atoms with Crippen molar-refractivity contribution in [2.45, 2.75) is 19.3 Å². The van der Waals surface area contributed by atoms with E-state index in [1.165, 1.54) is 0 Å². The molecule has 18 heavy (non-hydrogen) atoms. The molecule has 0 saturated heterocycles.